The van der Waals surface area contributed by atoms with Gasteiger partial charge in [0.1, 0.15) is 5.82 Å². The highest BCUT2D eigenvalue weighted by Gasteiger charge is 2.19. The normalized spacial score (nSPS) is 11.3. The molecule has 0 saturated carbocycles. The van der Waals surface area contributed by atoms with Crippen LogP contribution in [-0.2, 0) is 0 Å². The highest BCUT2D eigenvalue weighted by molar-refractivity contribution is 8.00. The number of hydrogen-bond acceptors (Lipinski definition) is 2. The zero-order chi connectivity index (χ0) is 39.8. The van der Waals surface area contributed by atoms with E-state index in [0.29, 0.717) is 5.56 Å². The lowest BCUT2D eigenvalue weighted by molar-refractivity contribution is 0.631. The Hall–Kier alpha value is -5.35. The van der Waals surface area contributed by atoms with Gasteiger partial charge in [0.05, 0.1) is 0 Å². The van der Waals surface area contributed by atoms with Gasteiger partial charge in [-0.05, 0) is 115 Å². The first-order valence-corrected chi connectivity index (χ1v) is 22.6. The second kappa shape index (κ2) is 18.5. The summed E-state index contributed by atoms with van der Waals surface area (Å²) < 4.78 is 16.4. The fourth-order valence-corrected chi connectivity index (χ4v) is 10.4. The molecule has 8 aromatic rings. The Kier molecular flexibility index (Phi) is 12.6. The van der Waals surface area contributed by atoms with E-state index in [-0.39, 0.29) is 5.82 Å². The molecule has 0 spiro atoms. The van der Waals surface area contributed by atoms with Crippen molar-refractivity contribution < 1.29 is 4.39 Å². The van der Waals surface area contributed by atoms with E-state index in [2.05, 4.69) is 172 Å². The van der Waals surface area contributed by atoms with Gasteiger partial charge in [0.2, 0.25) is 0 Å². The smallest absolute Gasteiger partial charge is 0.131 e. The summed E-state index contributed by atoms with van der Waals surface area (Å²) in [5.74, 6) is 1.85. The molecule has 8 rings (SSSR count). The second-order valence-corrected chi connectivity index (χ2v) is 17.2. The van der Waals surface area contributed by atoms with E-state index >= 15 is 4.39 Å². The van der Waals surface area contributed by atoms with Gasteiger partial charge in [0.25, 0.3) is 0 Å². The molecule has 0 atom stereocenters. The lowest BCUT2D eigenvalue weighted by Gasteiger charge is -2.20. The summed E-state index contributed by atoms with van der Waals surface area (Å²) in [4.78, 5) is 2.48. The topological polar surface area (TPSA) is 0 Å². The molecule has 0 fully saturated rings. The van der Waals surface area contributed by atoms with E-state index in [9.17, 15) is 0 Å². The highest BCUT2D eigenvalue weighted by atomic mass is 32.2. The molecule has 0 aromatic heterocycles. The number of aryl methyl sites for hydroxylation is 1. The minimum atomic E-state index is -0.194. The molecule has 0 unspecified atom stereocenters. The Morgan fingerprint density at radius 3 is 1.17 bits per heavy atom. The molecule has 0 saturated heterocycles. The maximum atomic E-state index is 16.4. The first-order valence-electron chi connectivity index (χ1n) is 20.6. The molecular formula is C55H49FS2. The molecule has 0 N–H and O–H groups in total. The minimum absolute atomic E-state index is 0.194. The lowest BCUT2D eigenvalue weighted by Crippen LogP contribution is -1.95. The molecule has 0 aliphatic heterocycles. The molecular weight excluding hydrogens is 744 g/mol. The molecule has 0 nitrogen and oxygen atoms in total. The van der Waals surface area contributed by atoms with Crippen molar-refractivity contribution >= 4 is 34.3 Å². The van der Waals surface area contributed by atoms with E-state index in [1.54, 1.807) is 6.07 Å². The molecule has 0 bridgehead atoms. The number of unbranched alkanes of at least 4 members (excludes halogenated alkanes) is 2. The number of halogens is 1. The van der Waals surface area contributed by atoms with Gasteiger partial charge in [0.15, 0.2) is 0 Å². The van der Waals surface area contributed by atoms with E-state index in [1.165, 1.54) is 65.1 Å². The van der Waals surface area contributed by atoms with Gasteiger partial charge in [-0.2, -0.15) is 0 Å². The first kappa shape index (κ1) is 39.5. The van der Waals surface area contributed by atoms with Crippen LogP contribution in [0.4, 0.5) is 4.39 Å². The summed E-state index contributed by atoms with van der Waals surface area (Å²) in [6.07, 6.45) is 4.53. The Morgan fingerprint density at radius 1 is 0.379 bits per heavy atom. The van der Waals surface area contributed by atoms with Gasteiger partial charge in [0, 0.05) is 15.4 Å². The Bertz CT molecular complexity index is 2440. The van der Waals surface area contributed by atoms with Crippen molar-refractivity contribution in [2.45, 2.75) is 56.2 Å². The van der Waals surface area contributed by atoms with Crippen molar-refractivity contribution in [3.05, 3.63) is 181 Å². The maximum Gasteiger partial charge on any atom is 0.131 e. The fraction of sp³-hybridized carbons (Fsp3) is 0.164. The standard InChI is InChI=1S/C55H49FS2/c1-4-6-34-57-54-49(47-28-26-45(36-38(47)3)43-22-18-41(19-23-43)39-14-10-8-11-15-39)30-32-52-51(54)33-31-50(55(52)58-35-7-5-2)48-29-27-46(37-53(48)56)44-24-20-42(21-25-44)40-16-12-9-13-17-40/h8-33,36-37H,4-7,34-35H2,1-3H3. The van der Waals surface area contributed by atoms with Gasteiger partial charge >= 0.3 is 0 Å². The SMILES string of the molecule is CCCCSc1c(-c2ccc(-c3ccc(-c4ccccc4)cc3)cc2C)ccc2c(SCCCC)c(-c3ccc(-c4ccc(-c5ccccc5)cc4)cc3F)ccc12. The largest absolute Gasteiger partial charge is 0.206 e. The van der Waals surface area contributed by atoms with Crippen molar-refractivity contribution in [2.75, 3.05) is 11.5 Å². The van der Waals surface area contributed by atoms with Crippen molar-refractivity contribution in [1.82, 2.24) is 0 Å². The Labute approximate surface area is 352 Å². The van der Waals surface area contributed by atoms with E-state index in [4.69, 9.17) is 0 Å². The highest BCUT2D eigenvalue weighted by Crippen LogP contribution is 2.46. The van der Waals surface area contributed by atoms with Crippen LogP contribution in [0.5, 0.6) is 0 Å². The van der Waals surface area contributed by atoms with Crippen LogP contribution in [0.25, 0.3) is 77.5 Å². The Balaban J connectivity index is 1.16. The molecule has 0 amide bonds. The lowest BCUT2D eigenvalue weighted by atomic mass is 9.92. The average Bonchev–Trinajstić information content (AvgIpc) is 3.27. The van der Waals surface area contributed by atoms with Crippen LogP contribution in [-0.4, -0.2) is 11.5 Å². The van der Waals surface area contributed by atoms with E-state index < -0.39 is 0 Å². The number of hydrogen-bond donors (Lipinski definition) is 0. The molecule has 288 valence electrons. The van der Waals surface area contributed by atoms with Crippen molar-refractivity contribution in [3.8, 4) is 66.8 Å². The predicted molar refractivity (Wildman–Crippen MR) is 253 cm³/mol. The quantitative estimate of drug-likeness (QED) is 0.0795. The van der Waals surface area contributed by atoms with Crippen molar-refractivity contribution in [3.63, 3.8) is 0 Å². The van der Waals surface area contributed by atoms with Crippen LogP contribution in [0.15, 0.2) is 180 Å². The van der Waals surface area contributed by atoms with Gasteiger partial charge in [-0.15, -0.1) is 23.5 Å². The molecule has 0 aliphatic rings. The molecule has 58 heavy (non-hydrogen) atoms. The third kappa shape index (κ3) is 8.58. The van der Waals surface area contributed by atoms with E-state index in [0.717, 1.165) is 59.4 Å². The van der Waals surface area contributed by atoms with Crippen LogP contribution < -0.4 is 0 Å². The number of benzene rings is 8. The van der Waals surface area contributed by atoms with Gasteiger partial charge in [-0.1, -0.05) is 190 Å². The van der Waals surface area contributed by atoms with Gasteiger partial charge in [-0.3, -0.25) is 0 Å². The third-order valence-corrected chi connectivity index (χ3v) is 13.5. The summed E-state index contributed by atoms with van der Waals surface area (Å²) in [5.41, 5.74) is 14.5. The van der Waals surface area contributed by atoms with Crippen LogP contribution in [0.2, 0.25) is 0 Å². The van der Waals surface area contributed by atoms with Crippen LogP contribution in [0, 0.1) is 12.7 Å². The van der Waals surface area contributed by atoms with Crippen LogP contribution in [0.3, 0.4) is 0 Å². The summed E-state index contributed by atoms with van der Waals surface area (Å²) >= 11 is 3.83. The second-order valence-electron chi connectivity index (χ2n) is 15.0. The average molecular weight is 793 g/mol. The van der Waals surface area contributed by atoms with E-state index in [1.807, 2.05) is 35.7 Å². The van der Waals surface area contributed by atoms with Crippen LogP contribution >= 0.6 is 23.5 Å². The number of rotatable bonds is 14. The van der Waals surface area contributed by atoms with Crippen molar-refractivity contribution in [2.24, 2.45) is 0 Å². The third-order valence-electron chi connectivity index (χ3n) is 11.0. The molecule has 0 radical (unpaired) electrons. The molecule has 0 heterocycles. The zero-order valence-electron chi connectivity index (χ0n) is 33.6. The minimum Gasteiger partial charge on any atom is -0.206 e. The number of thioether (sulfide) groups is 2. The summed E-state index contributed by atoms with van der Waals surface area (Å²) in [6, 6.07) is 59.9. The summed E-state index contributed by atoms with van der Waals surface area (Å²) in [6.45, 7) is 6.73. The number of fused-ring (bicyclic) bond motifs is 1. The fourth-order valence-electron chi connectivity index (χ4n) is 7.75. The molecule has 0 aliphatic carbocycles. The summed E-state index contributed by atoms with van der Waals surface area (Å²) in [7, 11) is 0. The van der Waals surface area contributed by atoms with Crippen LogP contribution in [0.1, 0.15) is 45.1 Å². The molecule has 8 aromatic carbocycles. The Morgan fingerprint density at radius 2 is 0.741 bits per heavy atom. The predicted octanol–water partition coefficient (Wildman–Crippen LogP) is 17.1. The summed E-state index contributed by atoms with van der Waals surface area (Å²) in [5, 5.41) is 2.45. The zero-order valence-corrected chi connectivity index (χ0v) is 35.2. The van der Waals surface area contributed by atoms with Gasteiger partial charge in [-0.25, -0.2) is 4.39 Å². The van der Waals surface area contributed by atoms with Gasteiger partial charge < -0.3 is 0 Å². The maximum absolute atomic E-state index is 16.4. The first-order chi connectivity index (χ1) is 28.5. The molecule has 3 heteroatoms. The monoisotopic (exact) mass is 792 g/mol. The van der Waals surface area contributed by atoms with Crippen molar-refractivity contribution in [1.29, 1.82) is 0 Å².